The molecule has 0 radical (unpaired) electrons. The van der Waals surface area contributed by atoms with E-state index in [1.165, 1.54) is 0 Å². The van der Waals surface area contributed by atoms with Crippen LogP contribution in [0.1, 0.15) is 12.6 Å². The fourth-order valence-corrected chi connectivity index (χ4v) is 1.38. The summed E-state index contributed by atoms with van der Waals surface area (Å²) in [4.78, 5) is 4.25. The highest BCUT2D eigenvalue weighted by Crippen LogP contribution is 2.20. The summed E-state index contributed by atoms with van der Waals surface area (Å²) < 4.78 is 0.958. The summed E-state index contributed by atoms with van der Waals surface area (Å²) in [5.74, 6) is 0. The Morgan fingerprint density at radius 2 is 2.29 bits per heavy atom. The van der Waals surface area contributed by atoms with E-state index in [0.717, 1.165) is 10.2 Å². The number of hydrogen-bond donors (Lipinski definition) is 2. The molecule has 0 saturated carbocycles. The van der Waals surface area contributed by atoms with Gasteiger partial charge in [-0.05, 0) is 34.5 Å². The van der Waals surface area contributed by atoms with Crippen LogP contribution in [-0.4, -0.2) is 23.2 Å². The van der Waals surface area contributed by atoms with Gasteiger partial charge in [0.1, 0.15) is 0 Å². The van der Waals surface area contributed by atoms with E-state index in [-0.39, 0.29) is 12.0 Å². The van der Waals surface area contributed by atoms with Crippen molar-refractivity contribution in [3.63, 3.8) is 0 Å². The highest BCUT2D eigenvalue weighted by atomic mass is 79.9. The second kappa shape index (κ2) is 4.87. The van der Waals surface area contributed by atoms with Gasteiger partial charge in [-0.2, -0.15) is 0 Å². The molecule has 1 aromatic rings. The summed E-state index contributed by atoms with van der Waals surface area (Å²) in [6, 6.07) is 3.88. The number of aromatic nitrogens is 1. The molecule has 0 aliphatic heterocycles. The molecule has 0 aliphatic carbocycles. The minimum Gasteiger partial charge on any atom is -0.396 e. The third kappa shape index (κ3) is 3.04. The van der Waals surface area contributed by atoms with Gasteiger partial charge in [0.05, 0.1) is 6.61 Å². The van der Waals surface area contributed by atoms with Crippen LogP contribution in [-0.2, 0) is 6.42 Å². The number of aliphatic hydroxyl groups excluding tert-OH is 1. The van der Waals surface area contributed by atoms with E-state index < -0.39 is 0 Å². The number of pyridine rings is 1. The van der Waals surface area contributed by atoms with E-state index in [1.54, 1.807) is 6.20 Å². The van der Waals surface area contributed by atoms with Crippen molar-refractivity contribution < 1.29 is 5.11 Å². The van der Waals surface area contributed by atoms with Crippen molar-refractivity contribution in [1.82, 2.24) is 4.98 Å². The molecular formula is C10H15BrN2O. The first kappa shape index (κ1) is 11.6. The Bertz CT molecular complexity index is 283. The normalized spacial score (nSPS) is 15.1. The van der Waals surface area contributed by atoms with Crippen molar-refractivity contribution in [2.24, 2.45) is 11.1 Å². The van der Waals surface area contributed by atoms with Crippen LogP contribution in [0.15, 0.2) is 22.8 Å². The average Bonchev–Trinajstić information content (AvgIpc) is 2.21. The van der Waals surface area contributed by atoms with E-state index >= 15 is 0 Å². The van der Waals surface area contributed by atoms with Crippen molar-refractivity contribution in [2.45, 2.75) is 13.3 Å². The van der Waals surface area contributed by atoms with Crippen LogP contribution in [0.25, 0.3) is 0 Å². The van der Waals surface area contributed by atoms with Gasteiger partial charge in [0.15, 0.2) is 0 Å². The first-order chi connectivity index (χ1) is 6.59. The lowest BCUT2D eigenvalue weighted by molar-refractivity contribution is 0.148. The zero-order chi connectivity index (χ0) is 10.6. The van der Waals surface area contributed by atoms with E-state index in [4.69, 9.17) is 5.73 Å². The molecule has 3 N–H and O–H groups in total. The molecule has 0 bridgehead atoms. The maximum absolute atomic E-state index is 9.18. The molecule has 0 saturated heterocycles. The van der Waals surface area contributed by atoms with Gasteiger partial charge in [0.25, 0.3) is 0 Å². The molecular weight excluding hydrogens is 244 g/mol. The van der Waals surface area contributed by atoms with Crippen molar-refractivity contribution in [3.8, 4) is 0 Å². The predicted molar refractivity (Wildman–Crippen MR) is 59.9 cm³/mol. The van der Waals surface area contributed by atoms with Gasteiger partial charge in [0, 0.05) is 28.3 Å². The Morgan fingerprint density at radius 1 is 1.57 bits per heavy atom. The Kier molecular flexibility index (Phi) is 4.04. The van der Waals surface area contributed by atoms with E-state index in [9.17, 15) is 5.11 Å². The molecule has 4 heteroatoms. The zero-order valence-corrected chi connectivity index (χ0v) is 9.79. The molecule has 0 amide bonds. The molecule has 0 aromatic carbocycles. The highest BCUT2D eigenvalue weighted by Gasteiger charge is 2.22. The molecule has 1 unspecified atom stereocenters. The van der Waals surface area contributed by atoms with Crippen LogP contribution >= 0.6 is 15.9 Å². The van der Waals surface area contributed by atoms with Crippen LogP contribution in [0.5, 0.6) is 0 Å². The number of rotatable bonds is 4. The van der Waals surface area contributed by atoms with Crippen molar-refractivity contribution >= 4 is 15.9 Å². The molecule has 0 spiro atoms. The third-order valence-electron chi connectivity index (χ3n) is 2.27. The lowest BCUT2D eigenvalue weighted by Gasteiger charge is -2.24. The first-order valence-electron chi connectivity index (χ1n) is 4.51. The Balaban J connectivity index is 2.72. The molecule has 78 valence electrons. The van der Waals surface area contributed by atoms with Gasteiger partial charge in [-0.1, -0.05) is 6.92 Å². The minimum atomic E-state index is -0.263. The SMILES string of the molecule is CC(CN)(CO)Cc1ccc(Br)cn1. The number of nitrogens with two attached hydrogens (primary N) is 1. The van der Waals surface area contributed by atoms with Crippen LogP contribution in [0.4, 0.5) is 0 Å². The summed E-state index contributed by atoms with van der Waals surface area (Å²) >= 11 is 3.32. The lowest BCUT2D eigenvalue weighted by atomic mass is 9.86. The Labute approximate surface area is 92.5 Å². The summed E-state index contributed by atoms with van der Waals surface area (Å²) in [6.45, 7) is 2.50. The number of hydrogen-bond acceptors (Lipinski definition) is 3. The molecule has 14 heavy (non-hydrogen) atoms. The molecule has 1 aromatic heterocycles. The standard InChI is InChI=1S/C10H15BrN2O/c1-10(6-12,7-14)4-9-3-2-8(11)5-13-9/h2-3,5,14H,4,6-7,12H2,1H3. The number of nitrogens with zero attached hydrogens (tertiary/aromatic N) is 1. The monoisotopic (exact) mass is 258 g/mol. The van der Waals surface area contributed by atoms with Gasteiger partial charge in [-0.15, -0.1) is 0 Å². The Hall–Kier alpha value is -0.450. The lowest BCUT2D eigenvalue weighted by Crippen LogP contribution is -2.33. The zero-order valence-electron chi connectivity index (χ0n) is 8.20. The summed E-state index contributed by atoms with van der Waals surface area (Å²) in [5.41, 5.74) is 6.29. The molecule has 0 fully saturated rings. The fraction of sp³-hybridized carbons (Fsp3) is 0.500. The van der Waals surface area contributed by atoms with Gasteiger partial charge in [-0.3, -0.25) is 4.98 Å². The molecule has 1 atom stereocenters. The average molecular weight is 259 g/mol. The second-order valence-corrected chi connectivity index (χ2v) is 4.73. The smallest absolute Gasteiger partial charge is 0.0500 e. The van der Waals surface area contributed by atoms with E-state index in [0.29, 0.717) is 13.0 Å². The predicted octanol–water partition coefficient (Wildman–Crippen LogP) is 1.34. The van der Waals surface area contributed by atoms with Crippen molar-refractivity contribution in [2.75, 3.05) is 13.2 Å². The van der Waals surface area contributed by atoms with E-state index in [2.05, 4.69) is 20.9 Å². The topological polar surface area (TPSA) is 59.1 Å². The number of halogens is 1. The fourth-order valence-electron chi connectivity index (χ4n) is 1.14. The summed E-state index contributed by atoms with van der Waals surface area (Å²) in [6.07, 6.45) is 2.46. The van der Waals surface area contributed by atoms with E-state index in [1.807, 2.05) is 19.1 Å². The molecule has 3 nitrogen and oxygen atoms in total. The Morgan fingerprint density at radius 3 is 2.71 bits per heavy atom. The summed E-state index contributed by atoms with van der Waals surface area (Å²) in [5, 5.41) is 9.18. The third-order valence-corrected chi connectivity index (χ3v) is 2.74. The highest BCUT2D eigenvalue weighted by molar-refractivity contribution is 9.10. The van der Waals surface area contributed by atoms with Crippen molar-refractivity contribution in [1.29, 1.82) is 0 Å². The minimum absolute atomic E-state index is 0.0846. The van der Waals surface area contributed by atoms with Crippen molar-refractivity contribution in [3.05, 3.63) is 28.5 Å². The maximum Gasteiger partial charge on any atom is 0.0500 e. The van der Waals surface area contributed by atoms with Gasteiger partial charge in [0.2, 0.25) is 0 Å². The van der Waals surface area contributed by atoms with Gasteiger partial charge in [-0.25, -0.2) is 0 Å². The second-order valence-electron chi connectivity index (χ2n) is 3.82. The van der Waals surface area contributed by atoms with Crippen LogP contribution < -0.4 is 5.73 Å². The number of aliphatic hydroxyl groups is 1. The molecule has 1 heterocycles. The molecule has 0 aliphatic rings. The molecule has 1 rings (SSSR count). The van der Waals surface area contributed by atoms with Gasteiger partial charge < -0.3 is 10.8 Å². The largest absolute Gasteiger partial charge is 0.396 e. The maximum atomic E-state index is 9.18. The first-order valence-corrected chi connectivity index (χ1v) is 5.30. The van der Waals surface area contributed by atoms with Gasteiger partial charge >= 0.3 is 0 Å². The van der Waals surface area contributed by atoms with Crippen LogP contribution in [0, 0.1) is 5.41 Å². The van der Waals surface area contributed by atoms with Crippen LogP contribution in [0.3, 0.4) is 0 Å². The quantitative estimate of drug-likeness (QED) is 0.857. The summed E-state index contributed by atoms with van der Waals surface area (Å²) in [7, 11) is 0. The van der Waals surface area contributed by atoms with Crippen LogP contribution in [0.2, 0.25) is 0 Å².